The molecular weight excluding hydrogens is 293 g/mol. The summed E-state index contributed by atoms with van der Waals surface area (Å²) in [6.45, 7) is 5.10. The maximum absolute atomic E-state index is 13.0. The first-order chi connectivity index (χ1) is 10.5. The van der Waals surface area contributed by atoms with Gasteiger partial charge in [-0.3, -0.25) is 0 Å². The molecule has 0 unspecified atom stereocenters. The summed E-state index contributed by atoms with van der Waals surface area (Å²) in [5, 5.41) is 0. The fourth-order valence-electron chi connectivity index (χ4n) is 3.31. The van der Waals surface area contributed by atoms with Crippen molar-refractivity contribution < 1.29 is 13.2 Å². The van der Waals surface area contributed by atoms with Crippen molar-refractivity contribution in [3.05, 3.63) is 11.9 Å². The molecule has 2 aliphatic heterocycles. The molecule has 2 aliphatic rings. The summed E-state index contributed by atoms with van der Waals surface area (Å²) in [5.74, 6) is 0.492. The topological polar surface area (TPSA) is 24.3 Å². The van der Waals surface area contributed by atoms with Gasteiger partial charge in [0.25, 0.3) is 0 Å². The van der Waals surface area contributed by atoms with Crippen molar-refractivity contribution in [2.75, 3.05) is 37.6 Å². The maximum Gasteiger partial charge on any atom is 0.434 e. The Morgan fingerprint density at radius 2 is 1.55 bits per heavy atom. The van der Waals surface area contributed by atoms with E-state index in [-0.39, 0.29) is 0 Å². The Morgan fingerprint density at radius 3 is 2.18 bits per heavy atom. The molecule has 7 heteroatoms. The summed E-state index contributed by atoms with van der Waals surface area (Å²) < 4.78 is 40.7. The lowest BCUT2D eigenvalue weighted by Gasteiger charge is -2.28. The van der Waals surface area contributed by atoms with E-state index in [1.807, 2.05) is 4.90 Å². The standard InChI is InChI=1S/C15H23F3N4/c16-15(17,18)13-12-22(11-10-20-6-4-5-7-20)14(19-13)21-8-2-1-3-9-21/h12H,1-11H2. The van der Waals surface area contributed by atoms with Gasteiger partial charge in [-0.15, -0.1) is 0 Å². The molecule has 0 spiro atoms. The highest BCUT2D eigenvalue weighted by atomic mass is 19.4. The van der Waals surface area contributed by atoms with Crippen LogP contribution in [-0.2, 0) is 12.7 Å². The van der Waals surface area contributed by atoms with Crippen LogP contribution in [0.2, 0.25) is 0 Å². The van der Waals surface area contributed by atoms with E-state index in [0.29, 0.717) is 12.5 Å². The monoisotopic (exact) mass is 316 g/mol. The number of hydrogen-bond acceptors (Lipinski definition) is 3. The fourth-order valence-corrected chi connectivity index (χ4v) is 3.31. The summed E-state index contributed by atoms with van der Waals surface area (Å²) in [6, 6.07) is 0. The lowest BCUT2D eigenvalue weighted by Crippen LogP contribution is -2.33. The molecule has 0 atom stereocenters. The third kappa shape index (κ3) is 3.56. The number of hydrogen-bond donors (Lipinski definition) is 0. The van der Waals surface area contributed by atoms with Gasteiger partial charge in [0.2, 0.25) is 5.95 Å². The van der Waals surface area contributed by atoms with E-state index in [2.05, 4.69) is 9.88 Å². The Balaban J connectivity index is 1.76. The lowest BCUT2D eigenvalue weighted by atomic mass is 10.1. The summed E-state index contributed by atoms with van der Waals surface area (Å²) in [6.07, 6.45) is 2.40. The number of nitrogens with zero attached hydrogens (tertiary/aromatic N) is 4. The molecule has 3 heterocycles. The molecule has 4 nitrogen and oxygen atoms in total. The van der Waals surface area contributed by atoms with Crippen LogP contribution in [0, 0.1) is 0 Å². The van der Waals surface area contributed by atoms with Crippen LogP contribution < -0.4 is 4.90 Å². The SMILES string of the molecule is FC(F)(F)c1cn(CCN2CCCC2)c(N2CCCCC2)n1. The number of piperidine rings is 1. The van der Waals surface area contributed by atoms with Crippen molar-refractivity contribution in [2.45, 2.75) is 44.8 Å². The molecule has 0 N–H and O–H groups in total. The number of imidazole rings is 1. The van der Waals surface area contributed by atoms with Crippen molar-refractivity contribution >= 4 is 5.95 Å². The molecule has 3 rings (SSSR count). The van der Waals surface area contributed by atoms with Gasteiger partial charge in [0.05, 0.1) is 0 Å². The molecule has 2 saturated heterocycles. The summed E-state index contributed by atoms with van der Waals surface area (Å²) >= 11 is 0. The molecule has 0 aromatic carbocycles. The first-order valence-corrected chi connectivity index (χ1v) is 8.16. The summed E-state index contributed by atoms with van der Waals surface area (Å²) in [5.41, 5.74) is -0.769. The predicted molar refractivity (Wildman–Crippen MR) is 79.0 cm³/mol. The van der Waals surface area contributed by atoms with Gasteiger partial charge in [0, 0.05) is 32.4 Å². The third-order valence-electron chi connectivity index (χ3n) is 4.54. The predicted octanol–water partition coefficient (Wildman–Crippen LogP) is 2.99. The zero-order chi connectivity index (χ0) is 15.6. The van der Waals surface area contributed by atoms with Crippen molar-refractivity contribution in [1.29, 1.82) is 0 Å². The highest BCUT2D eigenvalue weighted by Crippen LogP contribution is 2.31. The quantitative estimate of drug-likeness (QED) is 0.853. The smallest absolute Gasteiger partial charge is 0.342 e. The number of halogens is 3. The van der Waals surface area contributed by atoms with Crippen LogP contribution in [0.3, 0.4) is 0 Å². The van der Waals surface area contributed by atoms with Crippen LogP contribution in [0.4, 0.5) is 19.1 Å². The average Bonchev–Trinajstić information content (AvgIpc) is 3.15. The Hall–Kier alpha value is -1.24. The van der Waals surface area contributed by atoms with E-state index in [1.165, 1.54) is 19.0 Å². The minimum atomic E-state index is -4.37. The molecule has 1 aromatic rings. The second-order valence-electron chi connectivity index (χ2n) is 6.21. The number of rotatable bonds is 4. The molecular formula is C15H23F3N4. The molecule has 1 aromatic heterocycles. The van der Waals surface area contributed by atoms with Crippen molar-refractivity contribution in [2.24, 2.45) is 0 Å². The Labute approximate surface area is 128 Å². The summed E-state index contributed by atoms with van der Waals surface area (Å²) in [7, 11) is 0. The molecule has 0 saturated carbocycles. The van der Waals surface area contributed by atoms with E-state index in [1.54, 1.807) is 4.57 Å². The van der Waals surface area contributed by atoms with E-state index in [0.717, 1.165) is 52.0 Å². The Bertz CT molecular complexity index is 485. The largest absolute Gasteiger partial charge is 0.434 e. The normalized spacial score (nSPS) is 20.8. The zero-order valence-electron chi connectivity index (χ0n) is 12.8. The summed E-state index contributed by atoms with van der Waals surface area (Å²) in [4.78, 5) is 8.21. The van der Waals surface area contributed by atoms with Gasteiger partial charge >= 0.3 is 6.18 Å². The van der Waals surface area contributed by atoms with Gasteiger partial charge in [-0.05, 0) is 45.2 Å². The van der Waals surface area contributed by atoms with Crippen LogP contribution in [0.5, 0.6) is 0 Å². The van der Waals surface area contributed by atoms with Gasteiger partial charge in [0.1, 0.15) is 0 Å². The van der Waals surface area contributed by atoms with Crippen molar-refractivity contribution in [1.82, 2.24) is 14.5 Å². The molecule has 0 amide bonds. The van der Waals surface area contributed by atoms with Crippen LogP contribution in [0.1, 0.15) is 37.8 Å². The van der Waals surface area contributed by atoms with Crippen molar-refractivity contribution in [3.63, 3.8) is 0 Å². The third-order valence-corrected chi connectivity index (χ3v) is 4.54. The maximum atomic E-state index is 13.0. The number of anilines is 1. The van der Waals surface area contributed by atoms with Crippen LogP contribution in [0.15, 0.2) is 6.20 Å². The zero-order valence-corrected chi connectivity index (χ0v) is 12.8. The first-order valence-electron chi connectivity index (χ1n) is 8.16. The number of aromatic nitrogens is 2. The van der Waals surface area contributed by atoms with E-state index < -0.39 is 11.9 Å². The molecule has 124 valence electrons. The fraction of sp³-hybridized carbons (Fsp3) is 0.800. The highest BCUT2D eigenvalue weighted by Gasteiger charge is 2.35. The van der Waals surface area contributed by atoms with Crippen LogP contribution >= 0.6 is 0 Å². The average molecular weight is 316 g/mol. The van der Waals surface area contributed by atoms with Crippen LogP contribution in [0.25, 0.3) is 0 Å². The van der Waals surface area contributed by atoms with E-state index in [9.17, 15) is 13.2 Å². The molecule has 2 fully saturated rings. The number of likely N-dealkylation sites (tertiary alicyclic amines) is 1. The Kier molecular flexibility index (Phi) is 4.61. The molecule has 0 radical (unpaired) electrons. The second-order valence-corrected chi connectivity index (χ2v) is 6.21. The van der Waals surface area contributed by atoms with Gasteiger partial charge in [-0.1, -0.05) is 0 Å². The van der Waals surface area contributed by atoms with E-state index in [4.69, 9.17) is 0 Å². The highest BCUT2D eigenvalue weighted by molar-refractivity contribution is 5.35. The van der Waals surface area contributed by atoms with Gasteiger partial charge in [-0.2, -0.15) is 13.2 Å². The van der Waals surface area contributed by atoms with Gasteiger partial charge < -0.3 is 14.4 Å². The van der Waals surface area contributed by atoms with E-state index >= 15 is 0 Å². The van der Waals surface area contributed by atoms with Crippen LogP contribution in [-0.4, -0.2) is 47.2 Å². The molecule has 22 heavy (non-hydrogen) atoms. The Morgan fingerprint density at radius 1 is 0.909 bits per heavy atom. The minimum Gasteiger partial charge on any atom is -0.342 e. The van der Waals surface area contributed by atoms with Crippen molar-refractivity contribution in [3.8, 4) is 0 Å². The first kappa shape index (κ1) is 15.6. The second kappa shape index (κ2) is 6.48. The number of alkyl halides is 3. The molecule has 0 aliphatic carbocycles. The lowest BCUT2D eigenvalue weighted by molar-refractivity contribution is -0.140. The minimum absolute atomic E-state index is 0.492. The van der Waals surface area contributed by atoms with Gasteiger partial charge in [0.15, 0.2) is 5.69 Å². The molecule has 0 bridgehead atoms. The van der Waals surface area contributed by atoms with Gasteiger partial charge in [-0.25, -0.2) is 4.98 Å².